The van der Waals surface area contributed by atoms with Gasteiger partial charge in [0, 0.05) is 13.1 Å². The zero-order valence-corrected chi connectivity index (χ0v) is 15.9. The number of hydrogen-bond donors (Lipinski definition) is 2. The molecule has 0 bridgehead atoms. The highest BCUT2D eigenvalue weighted by molar-refractivity contribution is 6.04. The summed E-state index contributed by atoms with van der Waals surface area (Å²) in [6.45, 7) is 5.11. The molecule has 0 aliphatic carbocycles. The molecular weight excluding hydrogens is 353 g/mol. The van der Waals surface area contributed by atoms with Gasteiger partial charge < -0.3 is 20.3 Å². The lowest BCUT2D eigenvalue weighted by molar-refractivity contribution is -0.143. The van der Waals surface area contributed by atoms with Crippen LogP contribution < -0.4 is 10.6 Å². The van der Waals surface area contributed by atoms with Crippen LogP contribution in [0, 0.1) is 11.7 Å². The second kappa shape index (κ2) is 9.34. The molecule has 1 aliphatic heterocycles. The first-order valence-corrected chi connectivity index (χ1v) is 9.06. The van der Waals surface area contributed by atoms with E-state index in [1.54, 1.807) is 4.90 Å². The predicted molar refractivity (Wildman–Crippen MR) is 99.0 cm³/mol. The Morgan fingerprint density at radius 1 is 1.22 bits per heavy atom. The van der Waals surface area contributed by atoms with E-state index in [1.807, 2.05) is 13.8 Å². The Morgan fingerprint density at radius 3 is 2.48 bits per heavy atom. The highest BCUT2D eigenvalue weighted by Crippen LogP contribution is 2.20. The summed E-state index contributed by atoms with van der Waals surface area (Å²) >= 11 is 0. The number of halogens is 1. The first-order valence-electron chi connectivity index (χ1n) is 9.06. The minimum atomic E-state index is -0.854. The minimum absolute atomic E-state index is 0.0415. The largest absolute Gasteiger partial charge is 0.467 e. The number of urea groups is 1. The molecule has 1 fully saturated rings. The van der Waals surface area contributed by atoms with Gasteiger partial charge in [-0.2, -0.15) is 0 Å². The van der Waals surface area contributed by atoms with Crippen LogP contribution in [-0.2, 0) is 9.53 Å². The maximum absolute atomic E-state index is 13.7. The molecule has 1 atom stereocenters. The van der Waals surface area contributed by atoms with Crippen LogP contribution >= 0.6 is 0 Å². The second-order valence-corrected chi connectivity index (χ2v) is 6.99. The van der Waals surface area contributed by atoms with Crippen molar-refractivity contribution in [3.63, 3.8) is 0 Å². The maximum atomic E-state index is 13.7. The van der Waals surface area contributed by atoms with Crippen LogP contribution in [0.4, 0.5) is 14.9 Å². The average molecular weight is 379 g/mol. The van der Waals surface area contributed by atoms with Gasteiger partial charge in [0.2, 0.25) is 0 Å². The molecule has 2 N–H and O–H groups in total. The van der Waals surface area contributed by atoms with Gasteiger partial charge >= 0.3 is 12.0 Å². The van der Waals surface area contributed by atoms with Crippen molar-refractivity contribution >= 4 is 23.6 Å². The number of ether oxygens (including phenoxy) is 1. The van der Waals surface area contributed by atoms with Gasteiger partial charge in [-0.1, -0.05) is 13.8 Å². The number of hydrogen-bond acceptors (Lipinski definition) is 4. The highest BCUT2D eigenvalue weighted by Gasteiger charge is 2.26. The molecule has 27 heavy (non-hydrogen) atoms. The molecule has 0 saturated carbocycles. The van der Waals surface area contributed by atoms with Crippen LogP contribution in [-0.4, -0.2) is 49.0 Å². The van der Waals surface area contributed by atoms with Crippen LogP contribution in [0.15, 0.2) is 18.2 Å². The molecule has 0 spiro atoms. The number of carbonyl (C=O) groups is 3. The Kier molecular flexibility index (Phi) is 7.15. The van der Waals surface area contributed by atoms with Crippen LogP contribution in [0.3, 0.4) is 0 Å². The molecular formula is C19H26FN3O4. The summed E-state index contributed by atoms with van der Waals surface area (Å²) in [6.07, 6.45) is 2.24. The van der Waals surface area contributed by atoms with Crippen molar-refractivity contribution in [3.8, 4) is 0 Å². The van der Waals surface area contributed by atoms with Crippen molar-refractivity contribution in [1.29, 1.82) is 0 Å². The van der Waals surface area contributed by atoms with Crippen LogP contribution in [0.2, 0.25) is 0 Å². The summed E-state index contributed by atoms with van der Waals surface area (Å²) in [5.74, 6) is -1.70. The molecule has 0 aromatic heterocycles. The number of nitrogens with zero attached hydrogens (tertiary/aromatic N) is 1. The van der Waals surface area contributed by atoms with E-state index in [0.717, 1.165) is 18.9 Å². The number of benzene rings is 1. The summed E-state index contributed by atoms with van der Waals surface area (Å²) < 4.78 is 18.5. The summed E-state index contributed by atoms with van der Waals surface area (Å²) in [5, 5.41) is 5.24. The lowest BCUT2D eigenvalue weighted by Crippen LogP contribution is -2.42. The van der Waals surface area contributed by atoms with Gasteiger partial charge in [0.15, 0.2) is 0 Å². The lowest BCUT2D eigenvalue weighted by Gasteiger charge is -2.20. The maximum Gasteiger partial charge on any atom is 0.328 e. The fraction of sp³-hybridized carbons (Fsp3) is 0.526. The average Bonchev–Trinajstić information content (AvgIpc) is 3.16. The quantitative estimate of drug-likeness (QED) is 0.744. The third-order valence-corrected chi connectivity index (χ3v) is 4.36. The molecule has 148 valence electrons. The Bertz CT molecular complexity index is 702. The molecule has 1 saturated heterocycles. The predicted octanol–water partition coefficient (Wildman–Crippen LogP) is 2.77. The van der Waals surface area contributed by atoms with E-state index in [-0.39, 0.29) is 23.2 Å². The fourth-order valence-corrected chi connectivity index (χ4v) is 2.99. The number of anilines is 1. The van der Waals surface area contributed by atoms with Gasteiger partial charge in [0.25, 0.3) is 5.91 Å². The standard InChI is InChI=1S/C19H26FN3O4/c1-12(2)10-16(18(25)27-3)21-17(24)14-11-13(20)6-7-15(14)22-19(26)23-8-4-5-9-23/h6-7,11-12,16H,4-5,8-10H2,1-3H3,(H,21,24)(H,22,26)/t16-/m0/s1. The lowest BCUT2D eigenvalue weighted by atomic mass is 10.0. The Morgan fingerprint density at radius 2 is 1.89 bits per heavy atom. The fourth-order valence-electron chi connectivity index (χ4n) is 2.99. The number of amides is 3. The van der Waals surface area contributed by atoms with Crippen LogP contribution in [0.25, 0.3) is 0 Å². The molecule has 2 rings (SSSR count). The van der Waals surface area contributed by atoms with E-state index in [9.17, 15) is 18.8 Å². The highest BCUT2D eigenvalue weighted by atomic mass is 19.1. The summed E-state index contributed by atoms with van der Waals surface area (Å²) in [5.41, 5.74) is 0.152. The first-order chi connectivity index (χ1) is 12.8. The van der Waals surface area contributed by atoms with E-state index in [0.29, 0.717) is 19.5 Å². The summed E-state index contributed by atoms with van der Waals surface area (Å²) in [7, 11) is 1.24. The smallest absolute Gasteiger partial charge is 0.328 e. The van der Waals surface area contributed by atoms with Gasteiger partial charge in [-0.15, -0.1) is 0 Å². The molecule has 7 nitrogen and oxygen atoms in total. The molecule has 0 radical (unpaired) electrons. The molecule has 1 aromatic rings. The van der Waals surface area contributed by atoms with Crippen LogP contribution in [0.5, 0.6) is 0 Å². The first kappa shape index (κ1) is 20.7. The number of methoxy groups -OCH3 is 1. The van der Waals surface area contributed by atoms with E-state index in [4.69, 9.17) is 4.74 Å². The van der Waals surface area contributed by atoms with E-state index in [2.05, 4.69) is 10.6 Å². The number of esters is 1. The number of likely N-dealkylation sites (tertiary alicyclic amines) is 1. The molecule has 1 heterocycles. The topological polar surface area (TPSA) is 87.7 Å². The van der Waals surface area contributed by atoms with E-state index < -0.39 is 23.7 Å². The Labute approximate surface area is 158 Å². The molecule has 8 heteroatoms. The summed E-state index contributed by atoms with van der Waals surface area (Å²) in [6, 6.07) is 2.36. The minimum Gasteiger partial charge on any atom is -0.467 e. The van der Waals surface area contributed by atoms with Gasteiger partial charge in [-0.25, -0.2) is 14.0 Å². The van der Waals surface area contributed by atoms with Gasteiger partial charge in [-0.05, 0) is 43.4 Å². The third kappa shape index (κ3) is 5.67. The zero-order chi connectivity index (χ0) is 20.0. The van der Waals surface area contributed by atoms with Crippen molar-refractivity contribution < 1.29 is 23.5 Å². The van der Waals surface area contributed by atoms with Crippen molar-refractivity contribution in [2.24, 2.45) is 5.92 Å². The SMILES string of the molecule is COC(=O)[C@H](CC(C)C)NC(=O)c1cc(F)ccc1NC(=O)N1CCCC1. The van der Waals surface area contributed by atoms with Gasteiger partial charge in [0.05, 0.1) is 18.4 Å². The van der Waals surface area contributed by atoms with Crippen LogP contribution in [0.1, 0.15) is 43.5 Å². The normalized spacial score (nSPS) is 14.8. The Balaban J connectivity index is 2.19. The van der Waals surface area contributed by atoms with E-state index >= 15 is 0 Å². The number of carbonyl (C=O) groups excluding carboxylic acids is 3. The Hall–Kier alpha value is -2.64. The molecule has 0 unspecified atom stereocenters. The third-order valence-electron chi connectivity index (χ3n) is 4.36. The second-order valence-electron chi connectivity index (χ2n) is 6.99. The molecule has 3 amide bonds. The number of rotatable bonds is 6. The van der Waals surface area contributed by atoms with Crippen molar-refractivity contribution in [2.45, 2.75) is 39.2 Å². The van der Waals surface area contributed by atoms with Gasteiger partial charge in [0.1, 0.15) is 11.9 Å². The molecule has 1 aromatic carbocycles. The van der Waals surface area contributed by atoms with Crippen molar-refractivity contribution in [3.05, 3.63) is 29.6 Å². The van der Waals surface area contributed by atoms with E-state index in [1.165, 1.54) is 19.2 Å². The monoisotopic (exact) mass is 379 g/mol. The summed E-state index contributed by atoms with van der Waals surface area (Å²) in [4.78, 5) is 38.6. The molecule has 1 aliphatic rings. The van der Waals surface area contributed by atoms with Crippen molar-refractivity contribution in [2.75, 3.05) is 25.5 Å². The van der Waals surface area contributed by atoms with Crippen molar-refractivity contribution in [1.82, 2.24) is 10.2 Å². The number of nitrogens with one attached hydrogen (secondary N) is 2. The zero-order valence-electron chi connectivity index (χ0n) is 15.9. The van der Waals surface area contributed by atoms with Gasteiger partial charge in [-0.3, -0.25) is 4.79 Å².